The first kappa shape index (κ1) is 23.7. The zero-order valence-electron chi connectivity index (χ0n) is 19.4. The predicted molar refractivity (Wildman–Crippen MR) is 137 cm³/mol. The molecule has 34 heavy (non-hydrogen) atoms. The second-order valence-corrected chi connectivity index (χ2v) is 9.10. The molecule has 2 amide bonds. The number of benzene rings is 3. The van der Waals surface area contributed by atoms with Gasteiger partial charge in [-0.3, -0.25) is 14.6 Å². The molecule has 6 nitrogen and oxygen atoms in total. The van der Waals surface area contributed by atoms with Crippen molar-refractivity contribution >= 4 is 40.5 Å². The van der Waals surface area contributed by atoms with Crippen molar-refractivity contribution in [3.05, 3.63) is 94.0 Å². The molecular weight excluding hydrogens is 448 g/mol. The molecule has 0 aromatic heterocycles. The van der Waals surface area contributed by atoms with Crippen LogP contribution in [-0.2, 0) is 22.7 Å². The summed E-state index contributed by atoms with van der Waals surface area (Å²) in [4.78, 5) is 31.4. The molecule has 3 aromatic rings. The van der Waals surface area contributed by atoms with Gasteiger partial charge in [0.1, 0.15) is 5.92 Å². The molecule has 1 aliphatic rings. The van der Waals surface area contributed by atoms with E-state index < -0.39 is 5.92 Å². The summed E-state index contributed by atoms with van der Waals surface area (Å²) >= 11 is 6.15. The quantitative estimate of drug-likeness (QED) is 0.478. The standard InChI is InChI=1S/C27H27ClN4O2/c1-17(33)29-15-18-4-8-20(9-5-18)26(30-22-11-6-19(7-12-22)16-32(2)3)25-23-13-10-21(28)14-24(23)31-27(25)34/h4-14,25H,15-16H2,1-3H3,(H,29,33)(H,31,34). The number of nitrogens with one attached hydrogen (secondary N) is 2. The third-order valence-electron chi connectivity index (χ3n) is 5.60. The number of hydrogen-bond acceptors (Lipinski definition) is 4. The van der Waals surface area contributed by atoms with Gasteiger partial charge in [-0.05, 0) is 60.6 Å². The lowest BCUT2D eigenvalue weighted by atomic mass is 9.90. The molecule has 4 rings (SSSR count). The largest absolute Gasteiger partial charge is 0.352 e. The van der Waals surface area contributed by atoms with Crippen LogP contribution in [-0.4, -0.2) is 36.5 Å². The van der Waals surface area contributed by atoms with Crippen molar-refractivity contribution in [2.45, 2.75) is 25.9 Å². The summed E-state index contributed by atoms with van der Waals surface area (Å²) in [5, 5.41) is 6.31. The first-order chi connectivity index (χ1) is 16.3. The van der Waals surface area contributed by atoms with Crippen LogP contribution >= 0.6 is 11.6 Å². The summed E-state index contributed by atoms with van der Waals surface area (Å²) in [5.41, 5.74) is 5.98. The van der Waals surface area contributed by atoms with Crippen LogP contribution in [0.25, 0.3) is 0 Å². The zero-order chi connectivity index (χ0) is 24.2. The van der Waals surface area contributed by atoms with Gasteiger partial charge in [-0.25, -0.2) is 0 Å². The second kappa shape index (κ2) is 10.2. The molecule has 0 spiro atoms. The van der Waals surface area contributed by atoms with Gasteiger partial charge in [0.15, 0.2) is 0 Å². The van der Waals surface area contributed by atoms with Crippen LogP contribution in [0, 0.1) is 0 Å². The Bertz CT molecular complexity index is 1230. The lowest BCUT2D eigenvalue weighted by Gasteiger charge is -2.15. The lowest BCUT2D eigenvalue weighted by molar-refractivity contribution is -0.119. The summed E-state index contributed by atoms with van der Waals surface area (Å²) in [7, 11) is 4.06. The van der Waals surface area contributed by atoms with Gasteiger partial charge in [0, 0.05) is 30.7 Å². The van der Waals surface area contributed by atoms with Crippen molar-refractivity contribution in [1.29, 1.82) is 0 Å². The maximum atomic E-state index is 13.1. The van der Waals surface area contributed by atoms with Crippen molar-refractivity contribution in [3.63, 3.8) is 0 Å². The van der Waals surface area contributed by atoms with Crippen LogP contribution in [0.2, 0.25) is 5.02 Å². The number of carbonyl (C=O) groups excluding carboxylic acids is 2. The summed E-state index contributed by atoms with van der Waals surface area (Å²) < 4.78 is 0. The first-order valence-electron chi connectivity index (χ1n) is 11.1. The smallest absolute Gasteiger partial charge is 0.238 e. The molecule has 0 bridgehead atoms. The minimum atomic E-state index is -0.560. The van der Waals surface area contributed by atoms with E-state index in [4.69, 9.17) is 16.6 Å². The number of nitrogens with zero attached hydrogens (tertiary/aromatic N) is 2. The van der Waals surface area contributed by atoms with E-state index in [1.54, 1.807) is 12.1 Å². The first-order valence-corrected chi connectivity index (χ1v) is 11.4. The number of amides is 2. The molecule has 0 aliphatic carbocycles. The fourth-order valence-electron chi connectivity index (χ4n) is 4.00. The van der Waals surface area contributed by atoms with Crippen LogP contribution < -0.4 is 10.6 Å². The molecular formula is C27H27ClN4O2. The van der Waals surface area contributed by atoms with E-state index in [0.29, 0.717) is 23.0 Å². The van der Waals surface area contributed by atoms with Gasteiger partial charge in [-0.1, -0.05) is 54.1 Å². The minimum Gasteiger partial charge on any atom is -0.352 e. The molecule has 174 valence electrons. The monoisotopic (exact) mass is 474 g/mol. The Balaban J connectivity index is 1.74. The molecule has 0 saturated carbocycles. The molecule has 1 atom stereocenters. The van der Waals surface area contributed by atoms with Gasteiger partial charge < -0.3 is 15.5 Å². The molecule has 7 heteroatoms. The second-order valence-electron chi connectivity index (χ2n) is 8.66. The van der Waals surface area contributed by atoms with Gasteiger partial charge in [0.2, 0.25) is 11.8 Å². The maximum absolute atomic E-state index is 13.1. The summed E-state index contributed by atoms with van der Waals surface area (Å²) in [6, 6.07) is 21.2. The van der Waals surface area contributed by atoms with Crippen LogP contribution in [0.5, 0.6) is 0 Å². The van der Waals surface area contributed by atoms with Gasteiger partial charge in [-0.15, -0.1) is 0 Å². The number of rotatable bonds is 7. The van der Waals surface area contributed by atoms with Crippen molar-refractivity contribution in [2.24, 2.45) is 4.99 Å². The van der Waals surface area contributed by atoms with Gasteiger partial charge in [-0.2, -0.15) is 0 Å². The number of aliphatic imine (C=N–C) groups is 1. The predicted octanol–water partition coefficient (Wildman–Crippen LogP) is 4.89. The molecule has 1 aliphatic heterocycles. The number of halogens is 1. The summed E-state index contributed by atoms with van der Waals surface area (Å²) in [6.45, 7) is 2.78. The van der Waals surface area contributed by atoms with Crippen molar-refractivity contribution in [2.75, 3.05) is 19.4 Å². The molecule has 3 aromatic carbocycles. The van der Waals surface area contributed by atoms with Gasteiger partial charge in [0.05, 0.1) is 11.4 Å². The number of anilines is 1. The number of carbonyl (C=O) groups is 2. The third kappa shape index (κ3) is 5.53. The fraction of sp³-hybridized carbons (Fsp3) is 0.222. The maximum Gasteiger partial charge on any atom is 0.238 e. The highest BCUT2D eigenvalue weighted by atomic mass is 35.5. The van der Waals surface area contributed by atoms with Gasteiger partial charge >= 0.3 is 0 Å². The van der Waals surface area contributed by atoms with Crippen LogP contribution in [0.15, 0.2) is 71.7 Å². The highest BCUT2D eigenvalue weighted by molar-refractivity contribution is 6.31. The highest BCUT2D eigenvalue weighted by Crippen LogP contribution is 2.37. The Labute approximate surface area is 204 Å². The zero-order valence-corrected chi connectivity index (χ0v) is 20.2. The van der Waals surface area contributed by atoms with E-state index in [1.165, 1.54) is 12.5 Å². The Morgan fingerprint density at radius 3 is 2.35 bits per heavy atom. The molecule has 0 radical (unpaired) electrons. The highest BCUT2D eigenvalue weighted by Gasteiger charge is 2.35. The fourth-order valence-corrected chi connectivity index (χ4v) is 4.17. The molecule has 1 unspecified atom stereocenters. The van der Waals surface area contributed by atoms with E-state index in [2.05, 4.69) is 27.7 Å². The third-order valence-corrected chi connectivity index (χ3v) is 5.83. The van der Waals surface area contributed by atoms with E-state index >= 15 is 0 Å². The van der Waals surface area contributed by atoms with Crippen molar-refractivity contribution < 1.29 is 9.59 Å². The summed E-state index contributed by atoms with van der Waals surface area (Å²) in [6.07, 6.45) is 0. The normalized spacial score (nSPS) is 15.3. The van der Waals surface area contributed by atoms with Crippen LogP contribution in [0.4, 0.5) is 11.4 Å². The molecule has 0 fully saturated rings. The average Bonchev–Trinajstić information content (AvgIpc) is 3.11. The molecule has 0 saturated heterocycles. The van der Waals surface area contributed by atoms with E-state index in [-0.39, 0.29) is 11.8 Å². The van der Waals surface area contributed by atoms with E-state index in [1.807, 2.05) is 56.6 Å². The topological polar surface area (TPSA) is 73.8 Å². The lowest BCUT2D eigenvalue weighted by Crippen LogP contribution is -2.22. The van der Waals surface area contributed by atoms with Crippen LogP contribution in [0.3, 0.4) is 0 Å². The number of fused-ring (bicyclic) bond motifs is 1. The van der Waals surface area contributed by atoms with Crippen molar-refractivity contribution in [1.82, 2.24) is 10.2 Å². The number of hydrogen-bond donors (Lipinski definition) is 2. The van der Waals surface area contributed by atoms with E-state index in [9.17, 15) is 9.59 Å². The van der Waals surface area contributed by atoms with Crippen molar-refractivity contribution in [3.8, 4) is 0 Å². The molecule has 1 heterocycles. The minimum absolute atomic E-state index is 0.0815. The van der Waals surface area contributed by atoms with Gasteiger partial charge in [0.25, 0.3) is 0 Å². The SMILES string of the molecule is CC(=O)NCc1ccc(C(=Nc2ccc(CN(C)C)cc2)C2C(=O)Nc3cc(Cl)ccc32)cc1. The Morgan fingerprint density at radius 1 is 1.03 bits per heavy atom. The van der Waals surface area contributed by atoms with E-state index in [0.717, 1.165) is 28.9 Å². The summed E-state index contributed by atoms with van der Waals surface area (Å²) in [5.74, 6) is -0.778. The molecule has 2 N–H and O–H groups in total. The average molecular weight is 475 g/mol. The Hall–Kier alpha value is -3.48. The Morgan fingerprint density at radius 2 is 1.71 bits per heavy atom. The van der Waals surface area contributed by atoms with Crippen LogP contribution in [0.1, 0.15) is 35.1 Å². The Kier molecular flexibility index (Phi) is 7.10.